The zero-order valence-corrected chi connectivity index (χ0v) is 22.2. The Hall–Kier alpha value is -3.25. The number of ether oxygens (including phenoxy) is 1. The van der Waals surface area contributed by atoms with Crippen molar-refractivity contribution in [1.82, 2.24) is 18.1 Å². The fourth-order valence-corrected chi connectivity index (χ4v) is 6.27. The Morgan fingerprint density at radius 1 is 1.06 bits per heavy atom. The normalized spacial score (nSPS) is 13.9. The molecule has 11 heteroatoms. The van der Waals surface area contributed by atoms with Gasteiger partial charge in [-0.2, -0.15) is 0 Å². The Labute approximate surface area is 223 Å². The van der Waals surface area contributed by atoms with E-state index in [4.69, 9.17) is 26.3 Å². The summed E-state index contributed by atoms with van der Waals surface area (Å²) in [6.45, 7) is 1.18. The van der Waals surface area contributed by atoms with Gasteiger partial charge in [0.25, 0.3) is 0 Å². The quantitative estimate of drug-likeness (QED) is 0.150. The molecule has 0 bridgehead atoms. The number of halogens is 3. The topological polar surface area (TPSA) is 83.5 Å². The maximum atomic E-state index is 13.4. The summed E-state index contributed by atoms with van der Waals surface area (Å²) in [7, 11) is 1.77. The van der Waals surface area contributed by atoms with Gasteiger partial charge in [0.1, 0.15) is 0 Å². The fourth-order valence-electron chi connectivity index (χ4n) is 3.67. The van der Waals surface area contributed by atoms with E-state index in [2.05, 4.69) is 15.2 Å². The summed E-state index contributed by atoms with van der Waals surface area (Å²) in [5.74, 6) is 1.51. The van der Waals surface area contributed by atoms with E-state index in [9.17, 15) is 9.18 Å². The van der Waals surface area contributed by atoms with Gasteiger partial charge < -0.3 is 0 Å². The van der Waals surface area contributed by atoms with Crippen LogP contribution in [0.5, 0.6) is 5.75 Å². The van der Waals surface area contributed by atoms with E-state index in [0.29, 0.717) is 51.1 Å². The van der Waals surface area contributed by atoms with Crippen molar-refractivity contribution in [2.45, 2.75) is 0 Å². The van der Waals surface area contributed by atoms with Gasteiger partial charge in [-0.3, -0.25) is 0 Å². The number of anilines is 2. The number of carbonyl (C=O) groups is 1. The van der Waals surface area contributed by atoms with Crippen molar-refractivity contribution < 1.29 is 35.4 Å². The molecule has 0 unspecified atom stereocenters. The van der Waals surface area contributed by atoms with Crippen LogP contribution in [0, 0.1) is 5.82 Å². The number of benzene rings is 2. The molecule has 0 radical (unpaired) electrons. The summed E-state index contributed by atoms with van der Waals surface area (Å²) < 4.78 is 21.6. The molecule has 36 heavy (non-hydrogen) atoms. The van der Waals surface area contributed by atoms with Crippen molar-refractivity contribution >= 4 is 40.3 Å². The number of hydrogen-bond acceptors (Lipinski definition) is 7. The van der Waals surface area contributed by atoms with Gasteiger partial charge in [0.2, 0.25) is 0 Å². The summed E-state index contributed by atoms with van der Waals surface area (Å²) >= 11 is 5.28. The van der Waals surface area contributed by atoms with Gasteiger partial charge in [-0.1, -0.05) is 0 Å². The number of amides is 1. The van der Waals surface area contributed by atoms with Gasteiger partial charge in [-0.05, 0) is 0 Å². The molecule has 1 aliphatic rings. The van der Waals surface area contributed by atoms with E-state index in [1.165, 1.54) is 12.1 Å². The predicted molar refractivity (Wildman–Crippen MR) is 133 cm³/mol. The Kier molecular flexibility index (Phi) is 7.33. The molecular weight excluding hydrogens is 598 g/mol. The third-order valence-electron chi connectivity index (χ3n) is 5.54. The molecule has 1 N–H and O–H groups in total. The zero-order chi connectivity index (χ0) is 25.1. The van der Waals surface area contributed by atoms with Crippen LogP contribution in [-0.2, 0) is 4.79 Å². The summed E-state index contributed by atoms with van der Waals surface area (Å²) in [4.78, 5) is 29.0. The number of rotatable bonds is 6. The first-order chi connectivity index (χ1) is 17.5. The van der Waals surface area contributed by atoms with Crippen LogP contribution in [0.4, 0.5) is 16.2 Å². The first-order valence-electron chi connectivity index (χ1n) is 11.2. The minimum absolute atomic E-state index is 0.00964. The molecule has 0 spiro atoms. The van der Waals surface area contributed by atoms with Crippen LogP contribution in [0.15, 0.2) is 60.7 Å². The van der Waals surface area contributed by atoms with Gasteiger partial charge >= 0.3 is 224 Å². The molecular formula is C25H22ClFIN6O2-. The Balaban J connectivity index is 1.32. The van der Waals surface area contributed by atoms with Gasteiger partial charge in [-0.25, -0.2) is 0 Å². The van der Waals surface area contributed by atoms with E-state index in [1.54, 1.807) is 43.4 Å². The summed E-state index contributed by atoms with van der Waals surface area (Å²) in [5.41, 5.74) is 2.91. The summed E-state index contributed by atoms with van der Waals surface area (Å²) in [6.07, 6.45) is 0. The van der Waals surface area contributed by atoms with Crippen LogP contribution in [-0.4, -0.2) is 55.3 Å². The number of carbonyl (C=O) groups excluding carboxylic acids is 1. The second kappa shape index (κ2) is 10.8. The fraction of sp³-hybridized carbons (Fsp3) is 0.200. The van der Waals surface area contributed by atoms with Gasteiger partial charge in [0, 0.05) is 0 Å². The van der Waals surface area contributed by atoms with Crippen LogP contribution < -0.4 is 36.4 Å². The van der Waals surface area contributed by atoms with E-state index >= 15 is 0 Å². The van der Waals surface area contributed by atoms with Crippen LogP contribution in [0.3, 0.4) is 0 Å². The Morgan fingerprint density at radius 3 is 2.53 bits per heavy atom. The zero-order valence-electron chi connectivity index (χ0n) is 19.3. The van der Waals surface area contributed by atoms with E-state index < -0.39 is 21.5 Å². The predicted octanol–water partition coefficient (Wildman–Crippen LogP) is 1.22. The molecule has 2 aromatic carbocycles. The van der Waals surface area contributed by atoms with Crippen LogP contribution in [0.25, 0.3) is 22.3 Å². The number of hydrogen-bond donors (Lipinski definition) is 1. The molecule has 4 aromatic rings. The van der Waals surface area contributed by atoms with Gasteiger partial charge in [0.05, 0.1) is 0 Å². The maximum absolute atomic E-state index is 13.4. The molecule has 2 aromatic heterocycles. The third kappa shape index (κ3) is 5.44. The third-order valence-corrected chi connectivity index (χ3v) is 8.77. The van der Waals surface area contributed by atoms with E-state index in [-0.39, 0.29) is 18.3 Å². The molecule has 1 amide bonds. The number of nitrogens with one attached hydrogen (secondary N) is 1. The average Bonchev–Trinajstić information content (AvgIpc) is 2.92. The number of alkyl halides is 1. The molecule has 1 fully saturated rings. The molecule has 0 atom stereocenters. The van der Waals surface area contributed by atoms with Crippen molar-refractivity contribution in [2.75, 3.05) is 41.5 Å². The van der Waals surface area contributed by atoms with Gasteiger partial charge in [0.15, 0.2) is 0 Å². The van der Waals surface area contributed by atoms with Crippen molar-refractivity contribution in [1.29, 1.82) is 0 Å². The Morgan fingerprint density at radius 2 is 1.83 bits per heavy atom. The monoisotopic (exact) mass is 619 g/mol. The first kappa shape index (κ1) is 24.4. The minimum atomic E-state index is -0.614. The molecule has 5 rings (SSSR count). The first-order valence-corrected chi connectivity index (χ1v) is 14.0. The standard InChI is InChI=1S/C25H22ClFIN6O2/c1-29-25-31-21-11-10-20(16-2-6-18(27)7-3-16)30-23(21)24(32-25)33-12-13-34(28-15-33)22(35)14-36-19-8-4-17(26)5-9-19/h2-11H,12-15H2,1H3,(H,29,31,32)/q-1. The number of pyridine rings is 1. The summed E-state index contributed by atoms with van der Waals surface area (Å²) in [6, 6.07) is 17.0. The number of nitrogens with zero attached hydrogens (tertiary/aromatic N) is 5. The van der Waals surface area contributed by atoms with Crippen molar-refractivity contribution in [3.8, 4) is 17.0 Å². The van der Waals surface area contributed by atoms with Crippen molar-refractivity contribution in [3.63, 3.8) is 0 Å². The van der Waals surface area contributed by atoms with Gasteiger partial charge in [-0.15, -0.1) is 0 Å². The molecule has 3 heterocycles. The second-order valence-corrected chi connectivity index (χ2v) is 10.9. The molecule has 0 saturated carbocycles. The van der Waals surface area contributed by atoms with E-state index in [1.807, 2.05) is 15.2 Å². The summed E-state index contributed by atoms with van der Waals surface area (Å²) in [5, 5.41) is 3.63. The van der Waals surface area contributed by atoms with Crippen molar-refractivity contribution in [2.24, 2.45) is 0 Å². The average molecular weight is 620 g/mol. The SMILES string of the molecule is CNc1nc(N2CCN(C(=O)COc3ccc(Cl)cc3)[I-]C2)c2nc(-c3ccc(F)cc3)ccc2n1. The van der Waals surface area contributed by atoms with Crippen LogP contribution >= 0.6 is 11.6 Å². The molecule has 186 valence electrons. The Bertz CT molecular complexity index is 1380. The number of aromatic nitrogens is 3. The van der Waals surface area contributed by atoms with Crippen molar-refractivity contribution in [3.05, 3.63) is 71.5 Å². The molecule has 1 aliphatic heterocycles. The molecule has 8 nitrogen and oxygen atoms in total. The molecule has 1 saturated heterocycles. The second-order valence-electron chi connectivity index (χ2n) is 7.92. The number of fused-ring (bicyclic) bond motifs is 1. The van der Waals surface area contributed by atoms with Crippen LogP contribution in [0.2, 0.25) is 5.02 Å². The molecule has 0 aliphatic carbocycles. The van der Waals surface area contributed by atoms with E-state index in [0.717, 1.165) is 11.4 Å². The van der Waals surface area contributed by atoms with Crippen LogP contribution in [0.1, 0.15) is 0 Å².